The number of ether oxygens (including phenoxy) is 1. The van der Waals surface area contributed by atoms with Gasteiger partial charge in [-0.15, -0.1) is 0 Å². The van der Waals surface area contributed by atoms with Crippen LogP contribution in [-0.4, -0.2) is 47.8 Å². The predicted molar refractivity (Wildman–Crippen MR) is 64.0 cm³/mol. The lowest BCUT2D eigenvalue weighted by Crippen LogP contribution is -2.23. The first-order valence-electron chi connectivity index (χ1n) is 5.59. The Morgan fingerprint density at radius 1 is 1.53 bits per heavy atom. The van der Waals surface area contributed by atoms with Crippen LogP contribution in [0.3, 0.4) is 0 Å². The normalized spacial score (nSPS) is 10.8. The number of hydrogen-bond acceptors (Lipinski definition) is 4. The molecular formula is C12H18N2O3. The van der Waals surface area contributed by atoms with E-state index in [0.717, 1.165) is 12.2 Å². The SMILES string of the molecule is CCOCCN(C)Cc1cccc(C(=O)O)n1. The Hall–Kier alpha value is -1.46. The van der Waals surface area contributed by atoms with Crippen LogP contribution in [0.2, 0.25) is 0 Å². The summed E-state index contributed by atoms with van der Waals surface area (Å²) in [4.78, 5) is 16.9. The van der Waals surface area contributed by atoms with Crippen LogP contribution in [0.25, 0.3) is 0 Å². The maximum atomic E-state index is 10.8. The van der Waals surface area contributed by atoms with E-state index in [1.807, 2.05) is 24.9 Å². The monoisotopic (exact) mass is 238 g/mol. The van der Waals surface area contributed by atoms with Crippen molar-refractivity contribution in [2.45, 2.75) is 13.5 Å². The van der Waals surface area contributed by atoms with Crippen molar-refractivity contribution in [2.24, 2.45) is 0 Å². The molecule has 0 aliphatic rings. The van der Waals surface area contributed by atoms with Gasteiger partial charge in [0.15, 0.2) is 0 Å². The van der Waals surface area contributed by atoms with Gasteiger partial charge in [0, 0.05) is 19.7 Å². The average molecular weight is 238 g/mol. The van der Waals surface area contributed by atoms with Crippen LogP contribution in [0, 0.1) is 0 Å². The predicted octanol–water partition coefficient (Wildman–Crippen LogP) is 1.25. The van der Waals surface area contributed by atoms with Gasteiger partial charge in [0.05, 0.1) is 12.3 Å². The average Bonchev–Trinajstić information content (AvgIpc) is 2.29. The van der Waals surface area contributed by atoms with Crippen LogP contribution in [-0.2, 0) is 11.3 Å². The van der Waals surface area contributed by atoms with E-state index in [1.165, 1.54) is 6.07 Å². The van der Waals surface area contributed by atoms with Gasteiger partial charge in [0.1, 0.15) is 5.69 Å². The summed E-state index contributed by atoms with van der Waals surface area (Å²) in [5.41, 5.74) is 0.838. The number of carbonyl (C=O) groups is 1. The molecule has 0 aliphatic heterocycles. The van der Waals surface area contributed by atoms with Crippen molar-refractivity contribution in [1.29, 1.82) is 0 Å². The highest BCUT2D eigenvalue weighted by molar-refractivity contribution is 5.85. The van der Waals surface area contributed by atoms with Crippen molar-refractivity contribution in [1.82, 2.24) is 9.88 Å². The molecule has 0 aliphatic carbocycles. The second-order valence-corrected chi connectivity index (χ2v) is 3.75. The summed E-state index contributed by atoms with van der Waals surface area (Å²) < 4.78 is 5.25. The van der Waals surface area contributed by atoms with Crippen molar-refractivity contribution < 1.29 is 14.6 Å². The zero-order valence-electron chi connectivity index (χ0n) is 10.2. The van der Waals surface area contributed by atoms with Crippen molar-refractivity contribution in [3.05, 3.63) is 29.6 Å². The molecule has 5 heteroatoms. The quantitative estimate of drug-likeness (QED) is 0.724. The van der Waals surface area contributed by atoms with Crippen molar-refractivity contribution in [2.75, 3.05) is 26.8 Å². The summed E-state index contributed by atoms with van der Waals surface area (Å²) in [7, 11) is 1.95. The van der Waals surface area contributed by atoms with Crippen molar-refractivity contribution >= 4 is 5.97 Å². The van der Waals surface area contributed by atoms with Gasteiger partial charge in [-0.2, -0.15) is 0 Å². The number of pyridine rings is 1. The molecule has 0 amide bonds. The van der Waals surface area contributed by atoms with Crippen LogP contribution in [0.5, 0.6) is 0 Å². The van der Waals surface area contributed by atoms with Gasteiger partial charge >= 0.3 is 5.97 Å². The fourth-order valence-corrected chi connectivity index (χ4v) is 1.41. The molecule has 17 heavy (non-hydrogen) atoms. The Morgan fingerprint density at radius 2 is 2.29 bits per heavy atom. The Kier molecular flexibility index (Phi) is 5.59. The number of aromatic carboxylic acids is 1. The number of nitrogens with zero attached hydrogens (tertiary/aromatic N) is 2. The highest BCUT2D eigenvalue weighted by Crippen LogP contribution is 2.02. The first-order chi connectivity index (χ1) is 8.13. The van der Waals surface area contributed by atoms with E-state index in [2.05, 4.69) is 4.98 Å². The van der Waals surface area contributed by atoms with Gasteiger partial charge in [-0.3, -0.25) is 4.90 Å². The van der Waals surface area contributed by atoms with Gasteiger partial charge in [0.25, 0.3) is 0 Å². The Balaban J connectivity index is 2.50. The number of aromatic nitrogens is 1. The highest BCUT2D eigenvalue weighted by Gasteiger charge is 2.06. The van der Waals surface area contributed by atoms with E-state index in [9.17, 15) is 4.79 Å². The number of carboxylic acid groups (broad SMARTS) is 1. The van der Waals surface area contributed by atoms with Gasteiger partial charge in [0.2, 0.25) is 0 Å². The third kappa shape index (κ3) is 4.93. The lowest BCUT2D eigenvalue weighted by atomic mass is 10.3. The lowest BCUT2D eigenvalue weighted by Gasteiger charge is -2.15. The summed E-state index contributed by atoms with van der Waals surface area (Å²) >= 11 is 0. The standard InChI is InChI=1S/C12H18N2O3/c1-3-17-8-7-14(2)9-10-5-4-6-11(13-10)12(15)16/h4-6H,3,7-9H2,1-2H3,(H,15,16). The van der Waals surface area contributed by atoms with Gasteiger partial charge in [-0.05, 0) is 26.1 Å². The fraction of sp³-hybridized carbons (Fsp3) is 0.500. The second-order valence-electron chi connectivity index (χ2n) is 3.75. The Labute approximate surface area is 101 Å². The minimum Gasteiger partial charge on any atom is -0.477 e. The maximum Gasteiger partial charge on any atom is 0.354 e. The Bertz CT molecular complexity index is 369. The lowest BCUT2D eigenvalue weighted by molar-refractivity contribution is 0.0689. The molecule has 0 bridgehead atoms. The van der Waals surface area contributed by atoms with Crippen molar-refractivity contribution in [3.63, 3.8) is 0 Å². The minimum absolute atomic E-state index is 0.0840. The summed E-state index contributed by atoms with van der Waals surface area (Å²) in [5, 5.41) is 8.82. The van der Waals surface area contributed by atoms with Crippen LogP contribution in [0.4, 0.5) is 0 Å². The zero-order chi connectivity index (χ0) is 12.7. The number of carboxylic acids is 1. The van der Waals surface area contributed by atoms with Crippen LogP contribution >= 0.6 is 0 Å². The van der Waals surface area contributed by atoms with Crippen LogP contribution in [0.1, 0.15) is 23.1 Å². The molecule has 0 saturated carbocycles. The molecule has 0 atom stereocenters. The third-order valence-corrected chi connectivity index (χ3v) is 2.28. The van der Waals surface area contributed by atoms with Crippen LogP contribution < -0.4 is 0 Å². The topological polar surface area (TPSA) is 62.7 Å². The summed E-state index contributed by atoms with van der Waals surface area (Å²) in [6, 6.07) is 5.03. The molecular weight excluding hydrogens is 220 g/mol. The zero-order valence-corrected chi connectivity index (χ0v) is 10.2. The van der Waals surface area contributed by atoms with Crippen molar-refractivity contribution in [3.8, 4) is 0 Å². The number of hydrogen-bond donors (Lipinski definition) is 1. The molecule has 0 aromatic carbocycles. The second kappa shape index (κ2) is 6.98. The molecule has 94 valence electrons. The number of likely N-dealkylation sites (N-methyl/N-ethyl adjacent to an activating group) is 1. The molecule has 0 radical (unpaired) electrons. The largest absolute Gasteiger partial charge is 0.477 e. The molecule has 1 heterocycles. The molecule has 1 aromatic heterocycles. The molecule has 1 rings (SSSR count). The molecule has 1 aromatic rings. The first-order valence-corrected chi connectivity index (χ1v) is 5.59. The van der Waals surface area contributed by atoms with E-state index in [1.54, 1.807) is 6.07 Å². The van der Waals surface area contributed by atoms with E-state index >= 15 is 0 Å². The summed E-state index contributed by atoms with van der Waals surface area (Å²) in [6.45, 7) is 4.76. The molecule has 1 N–H and O–H groups in total. The van der Waals surface area contributed by atoms with Crippen LogP contribution in [0.15, 0.2) is 18.2 Å². The van der Waals surface area contributed by atoms with Gasteiger partial charge in [-0.1, -0.05) is 6.07 Å². The third-order valence-electron chi connectivity index (χ3n) is 2.28. The Morgan fingerprint density at radius 3 is 2.94 bits per heavy atom. The van der Waals surface area contributed by atoms with E-state index in [4.69, 9.17) is 9.84 Å². The van der Waals surface area contributed by atoms with E-state index in [-0.39, 0.29) is 5.69 Å². The summed E-state index contributed by atoms with van der Waals surface area (Å²) in [5.74, 6) is -0.996. The fourth-order valence-electron chi connectivity index (χ4n) is 1.41. The minimum atomic E-state index is -0.996. The first kappa shape index (κ1) is 13.6. The van der Waals surface area contributed by atoms with Gasteiger partial charge in [-0.25, -0.2) is 9.78 Å². The maximum absolute atomic E-state index is 10.8. The summed E-state index contributed by atoms with van der Waals surface area (Å²) in [6.07, 6.45) is 0. The van der Waals surface area contributed by atoms with E-state index in [0.29, 0.717) is 19.8 Å². The van der Waals surface area contributed by atoms with Gasteiger partial charge < -0.3 is 9.84 Å². The molecule has 0 saturated heterocycles. The number of rotatable bonds is 7. The highest BCUT2D eigenvalue weighted by atomic mass is 16.5. The van der Waals surface area contributed by atoms with E-state index < -0.39 is 5.97 Å². The molecule has 0 spiro atoms. The smallest absolute Gasteiger partial charge is 0.354 e. The molecule has 0 unspecified atom stereocenters. The molecule has 5 nitrogen and oxygen atoms in total. The molecule has 0 fully saturated rings.